The smallest absolute Gasteiger partial charge is 0.338 e. The second kappa shape index (κ2) is 9.32. The molecule has 0 saturated heterocycles. The normalized spacial score (nSPS) is 10.0. The van der Waals surface area contributed by atoms with Gasteiger partial charge in [-0.2, -0.15) is 0 Å². The van der Waals surface area contributed by atoms with Crippen LogP contribution in [0, 0.1) is 0 Å². The molecule has 0 saturated carbocycles. The number of carbonyl (C=O) groups is 2. The van der Waals surface area contributed by atoms with Gasteiger partial charge in [0.05, 0.1) is 19.3 Å². The Kier molecular flexibility index (Phi) is 6.83. The first-order chi connectivity index (χ1) is 12.1. The molecule has 1 N–H and O–H groups in total. The van der Waals surface area contributed by atoms with E-state index in [0.29, 0.717) is 29.4 Å². The predicted molar refractivity (Wildman–Crippen MR) is 94.1 cm³/mol. The summed E-state index contributed by atoms with van der Waals surface area (Å²) in [5.41, 5.74) is 1.01. The van der Waals surface area contributed by atoms with Gasteiger partial charge in [-0.15, -0.1) is 0 Å². The number of nitrogens with one attached hydrogen (secondary N) is 1. The number of hydrogen-bond donors (Lipinski definition) is 1. The van der Waals surface area contributed by atoms with Gasteiger partial charge in [0.25, 0.3) is 5.91 Å². The van der Waals surface area contributed by atoms with Gasteiger partial charge < -0.3 is 19.5 Å². The van der Waals surface area contributed by atoms with E-state index >= 15 is 0 Å². The van der Waals surface area contributed by atoms with Crippen molar-refractivity contribution >= 4 is 17.6 Å². The second-order valence-electron chi connectivity index (χ2n) is 5.20. The van der Waals surface area contributed by atoms with E-state index in [9.17, 15) is 9.59 Å². The van der Waals surface area contributed by atoms with E-state index in [1.165, 1.54) is 7.11 Å². The van der Waals surface area contributed by atoms with Crippen molar-refractivity contribution < 1.29 is 23.8 Å². The van der Waals surface area contributed by atoms with E-state index in [2.05, 4.69) is 5.32 Å². The number of amides is 1. The molecule has 0 aliphatic heterocycles. The highest BCUT2D eigenvalue weighted by molar-refractivity contribution is 5.93. The van der Waals surface area contributed by atoms with Gasteiger partial charge in [0.1, 0.15) is 0 Å². The quantitative estimate of drug-likeness (QED) is 0.745. The molecule has 0 heterocycles. The molecule has 0 unspecified atom stereocenters. The highest BCUT2D eigenvalue weighted by Crippen LogP contribution is 2.25. The summed E-state index contributed by atoms with van der Waals surface area (Å²) in [5.74, 6) is 0.367. The van der Waals surface area contributed by atoms with Crippen molar-refractivity contribution in [3.05, 3.63) is 54.1 Å². The van der Waals surface area contributed by atoms with Crippen LogP contribution in [0.5, 0.6) is 11.5 Å². The fraction of sp³-hybridized carbons (Fsp3) is 0.263. The Morgan fingerprint density at radius 1 is 1.00 bits per heavy atom. The number of hydrogen-bond acceptors (Lipinski definition) is 5. The lowest BCUT2D eigenvalue weighted by Gasteiger charge is -2.10. The van der Waals surface area contributed by atoms with Crippen molar-refractivity contribution in [2.45, 2.75) is 13.3 Å². The molecule has 1 amide bonds. The van der Waals surface area contributed by atoms with E-state index in [-0.39, 0.29) is 18.5 Å². The maximum Gasteiger partial charge on any atom is 0.338 e. The summed E-state index contributed by atoms with van der Waals surface area (Å²) in [4.78, 5) is 23.7. The summed E-state index contributed by atoms with van der Waals surface area (Å²) >= 11 is 0. The molecule has 0 bridgehead atoms. The number of esters is 1. The Labute approximate surface area is 146 Å². The molecule has 0 aliphatic rings. The van der Waals surface area contributed by atoms with Gasteiger partial charge in [-0.3, -0.25) is 4.79 Å². The SMILES string of the molecule is CCCOC(=O)c1ccc(NC(=O)COc2ccccc2OC)cc1. The Hall–Kier alpha value is -3.02. The minimum Gasteiger partial charge on any atom is -0.493 e. The zero-order chi connectivity index (χ0) is 18.1. The first-order valence-corrected chi connectivity index (χ1v) is 7.97. The number of anilines is 1. The first kappa shape index (κ1) is 18.3. The van der Waals surface area contributed by atoms with Crippen molar-refractivity contribution in [2.24, 2.45) is 0 Å². The average Bonchev–Trinajstić information content (AvgIpc) is 2.65. The molecule has 132 valence electrons. The third kappa shape index (κ3) is 5.53. The summed E-state index contributed by atoms with van der Waals surface area (Å²) < 4.78 is 15.7. The molecule has 0 aliphatic carbocycles. The summed E-state index contributed by atoms with van der Waals surface area (Å²) in [7, 11) is 1.54. The maximum atomic E-state index is 12.0. The highest BCUT2D eigenvalue weighted by Gasteiger charge is 2.09. The molecule has 0 aromatic heterocycles. The minimum atomic E-state index is -0.376. The van der Waals surface area contributed by atoms with Crippen LogP contribution in [-0.2, 0) is 9.53 Å². The minimum absolute atomic E-state index is 0.152. The topological polar surface area (TPSA) is 73.9 Å². The third-order valence-corrected chi connectivity index (χ3v) is 3.27. The lowest BCUT2D eigenvalue weighted by molar-refractivity contribution is -0.118. The monoisotopic (exact) mass is 343 g/mol. The van der Waals surface area contributed by atoms with E-state index in [1.54, 1.807) is 42.5 Å². The summed E-state index contributed by atoms with van der Waals surface area (Å²) in [6, 6.07) is 13.6. The van der Waals surface area contributed by atoms with E-state index in [4.69, 9.17) is 14.2 Å². The van der Waals surface area contributed by atoms with Gasteiger partial charge >= 0.3 is 5.97 Å². The van der Waals surface area contributed by atoms with Gasteiger partial charge in [0.2, 0.25) is 0 Å². The van der Waals surface area contributed by atoms with Crippen LogP contribution in [0.2, 0.25) is 0 Å². The summed E-state index contributed by atoms with van der Waals surface area (Å²) in [5, 5.41) is 2.70. The molecule has 0 atom stereocenters. The number of ether oxygens (including phenoxy) is 3. The molecule has 2 rings (SSSR count). The largest absolute Gasteiger partial charge is 0.493 e. The van der Waals surface area contributed by atoms with Crippen LogP contribution in [-0.4, -0.2) is 32.2 Å². The molecular weight excluding hydrogens is 322 g/mol. The molecule has 25 heavy (non-hydrogen) atoms. The fourth-order valence-corrected chi connectivity index (χ4v) is 2.05. The van der Waals surface area contributed by atoms with Crippen LogP contribution in [0.25, 0.3) is 0 Å². The van der Waals surface area contributed by atoms with Gasteiger partial charge in [0, 0.05) is 5.69 Å². The van der Waals surface area contributed by atoms with Gasteiger partial charge in [-0.1, -0.05) is 19.1 Å². The molecule has 2 aromatic carbocycles. The molecule has 6 heteroatoms. The summed E-state index contributed by atoms with van der Waals surface area (Å²) in [6.45, 7) is 2.16. The fourth-order valence-electron chi connectivity index (χ4n) is 2.05. The Bertz CT molecular complexity index is 712. The zero-order valence-electron chi connectivity index (χ0n) is 14.3. The average molecular weight is 343 g/mol. The van der Waals surface area contributed by atoms with Gasteiger partial charge in [-0.25, -0.2) is 4.79 Å². The zero-order valence-corrected chi connectivity index (χ0v) is 14.3. The van der Waals surface area contributed by atoms with Gasteiger partial charge in [-0.05, 0) is 42.8 Å². The van der Waals surface area contributed by atoms with Crippen LogP contribution < -0.4 is 14.8 Å². The molecule has 2 aromatic rings. The van der Waals surface area contributed by atoms with Gasteiger partial charge in [0.15, 0.2) is 18.1 Å². The Morgan fingerprint density at radius 2 is 1.68 bits per heavy atom. The van der Waals surface area contributed by atoms with Crippen molar-refractivity contribution in [2.75, 3.05) is 25.6 Å². The predicted octanol–water partition coefficient (Wildman–Crippen LogP) is 3.28. The van der Waals surface area contributed by atoms with E-state index in [1.807, 2.05) is 13.0 Å². The molecule has 0 radical (unpaired) electrons. The van der Waals surface area contributed by atoms with Crippen molar-refractivity contribution in [3.8, 4) is 11.5 Å². The number of benzene rings is 2. The maximum absolute atomic E-state index is 12.0. The van der Waals surface area contributed by atoms with Crippen LogP contribution in [0.1, 0.15) is 23.7 Å². The summed E-state index contributed by atoms with van der Waals surface area (Å²) in [6.07, 6.45) is 0.770. The second-order valence-corrected chi connectivity index (χ2v) is 5.20. The molecular formula is C19H21NO5. The van der Waals surface area contributed by atoms with Crippen LogP contribution in [0.4, 0.5) is 5.69 Å². The van der Waals surface area contributed by atoms with Crippen LogP contribution in [0.15, 0.2) is 48.5 Å². The highest BCUT2D eigenvalue weighted by atomic mass is 16.5. The third-order valence-electron chi connectivity index (χ3n) is 3.27. The number of rotatable bonds is 8. The molecule has 6 nitrogen and oxygen atoms in total. The Morgan fingerprint density at radius 3 is 2.32 bits per heavy atom. The number of para-hydroxylation sites is 2. The van der Waals surface area contributed by atoms with Crippen LogP contribution >= 0.6 is 0 Å². The lowest BCUT2D eigenvalue weighted by atomic mass is 10.2. The standard InChI is InChI=1S/C19H21NO5/c1-3-12-24-19(22)14-8-10-15(11-9-14)20-18(21)13-25-17-7-5-4-6-16(17)23-2/h4-11H,3,12-13H2,1-2H3,(H,20,21). The Balaban J connectivity index is 1.87. The van der Waals surface area contributed by atoms with Crippen molar-refractivity contribution in [1.82, 2.24) is 0 Å². The number of carbonyl (C=O) groups excluding carboxylic acids is 2. The van der Waals surface area contributed by atoms with Crippen molar-refractivity contribution in [1.29, 1.82) is 0 Å². The van der Waals surface area contributed by atoms with Crippen LogP contribution in [0.3, 0.4) is 0 Å². The van der Waals surface area contributed by atoms with Crippen molar-refractivity contribution in [3.63, 3.8) is 0 Å². The van der Waals surface area contributed by atoms with E-state index in [0.717, 1.165) is 6.42 Å². The molecule has 0 fully saturated rings. The molecule has 0 spiro atoms. The first-order valence-electron chi connectivity index (χ1n) is 7.97. The van der Waals surface area contributed by atoms with E-state index < -0.39 is 0 Å². The number of methoxy groups -OCH3 is 1. The lowest BCUT2D eigenvalue weighted by Crippen LogP contribution is -2.20.